The van der Waals surface area contributed by atoms with E-state index in [1.165, 1.54) is 4.90 Å². The zero-order valence-corrected chi connectivity index (χ0v) is 8.45. The third kappa shape index (κ3) is 2.23. The van der Waals surface area contributed by atoms with Crippen LogP contribution in [0.1, 0.15) is 25.7 Å². The van der Waals surface area contributed by atoms with Gasteiger partial charge in [0, 0.05) is 7.05 Å². The topological polar surface area (TPSA) is 89.4 Å². The van der Waals surface area contributed by atoms with Crippen molar-refractivity contribution in [1.82, 2.24) is 4.90 Å². The first-order valence-electron chi connectivity index (χ1n) is 4.78. The number of rotatable bonds is 3. The maximum Gasteiger partial charge on any atom is 0.242 e. The Morgan fingerprint density at radius 2 is 1.86 bits per heavy atom. The molecule has 0 aromatic rings. The van der Waals surface area contributed by atoms with E-state index in [2.05, 4.69) is 0 Å². The van der Waals surface area contributed by atoms with Gasteiger partial charge in [-0.15, -0.1) is 0 Å². The van der Waals surface area contributed by atoms with Gasteiger partial charge in [-0.3, -0.25) is 9.59 Å². The van der Waals surface area contributed by atoms with Crippen LogP contribution in [0.5, 0.6) is 0 Å². The standard InChI is InChI=1S/C9H17N3O2/c1-12(6-7(10)13)8(14)9(11)4-2-3-5-9/h2-6,11H2,1H3,(H2,10,13). The number of amides is 2. The summed E-state index contributed by atoms with van der Waals surface area (Å²) in [5.74, 6) is -0.684. The number of carbonyl (C=O) groups is 2. The minimum atomic E-state index is -0.760. The van der Waals surface area contributed by atoms with Gasteiger partial charge in [0.2, 0.25) is 11.8 Å². The molecule has 5 heteroatoms. The second kappa shape index (κ2) is 3.96. The van der Waals surface area contributed by atoms with Crippen LogP contribution in [-0.4, -0.2) is 35.8 Å². The maximum absolute atomic E-state index is 11.8. The van der Waals surface area contributed by atoms with Crippen molar-refractivity contribution in [3.63, 3.8) is 0 Å². The van der Waals surface area contributed by atoms with Crippen LogP contribution in [0.3, 0.4) is 0 Å². The molecular formula is C9H17N3O2. The van der Waals surface area contributed by atoms with E-state index in [0.29, 0.717) is 12.8 Å². The largest absolute Gasteiger partial charge is 0.368 e. The maximum atomic E-state index is 11.8. The molecule has 80 valence electrons. The highest BCUT2D eigenvalue weighted by atomic mass is 16.2. The molecule has 5 nitrogen and oxygen atoms in total. The summed E-state index contributed by atoms with van der Waals surface area (Å²) in [6.07, 6.45) is 3.36. The Kier molecular flexibility index (Phi) is 3.10. The highest BCUT2D eigenvalue weighted by Crippen LogP contribution is 2.28. The molecule has 1 saturated carbocycles. The first-order chi connectivity index (χ1) is 6.46. The molecule has 0 spiro atoms. The third-order valence-electron chi connectivity index (χ3n) is 2.66. The van der Waals surface area contributed by atoms with E-state index in [1.54, 1.807) is 7.05 Å². The molecular weight excluding hydrogens is 182 g/mol. The molecule has 1 aliphatic rings. The highest BCUT2D eigenvalue weighted by molar-refractivity contribution is 5.89. The minimum absolute atomic E-state index is 0.0578. The molecule has 4 N–H and O–H groups in total. The molecule has 2 amide bonds. The molecule has 0 heterocycles. The van der Waals surface area contributed by atoms with Crippen LogP contribution in [0.2, 0.25) is 0 Å². The second-order valence-electron chi connectivity index (χ2n) is 3.99. The van der Waals surface area contributed by atoms with Crippen molar-refractivity contribution in [2.24, 2.45) is 11.5 Å². The van der Waals surface area contributed by atoms with Gasteiger partial charge in [-0.1, -0.05) is 12.8 Å². The first kappa shape index (κ1) is 11.0. The number of hydrogen-bond donors (Lipinski definition) is 2. The Morgan fingerprint density at radius 3 is 2.29 bits per heavy atom. The SMILES string of the molecule is CN(CC(N)=O)C(=O)C1(N)CCCC1. The monoisotopic (exact) mass is 199 g/mol. The Bertz CT molecular complexity index is 246. The van der Waals surface area contributed by atoms with Crippen LogP contribution in [0, 0.1) is 0 Å². The predicted molar refractivity (Wildman–Crippen MR) is 52.2 cm³/mol. The molecule has 1 rings (SSSR count). The van der Waals surface area contributed by atoms with Gasteiger partial charge in [0.05, 0.1) is 12.1 Å². The molecule has 0 radical (unpaired) electrons. The molecule has 0 bridgehead atoms. The fourth-order valence-corrected chi connectivity index (χ4v) is 1.91. The summed E-state index contributed by atoms with van der Waals surface area (Å²) >= 11 is 0. The summed E-state index contributed by atoms with van der Waals surface area (Å²) in [6.45, 7) is -0.0578. The van der Waals surface area contributed by atoms with Crippen LogP contribution >= 0.6 is 0 Å². The number of carbonyl (C=O) groups excluding carboxylic acids is 2. The lowest BCUT2D eigenvalue weighted by Gasteiger charge is -2.27. The van der Waals surface area contributed by atoms with Gasteiger partial charge in [-0.05, 0) is 12.8 Å². The smallest absolute Gasteiger partial charge is 0.242 e. The Hall–Kier alpha value is -1.10. The van der Waals surface area contributed by atoms with Gasteiger partial charge in [-0.25, -0.2) is 0 Å². The van der Waals surface area contributed by atoms with Gasteiger partial charge < -0.3 is 16.4 Å². The molecule has 0 aromatic heterocycles. The summed E-state index contributed by atoms with van der Waals surface area (Å²) in [4.78, 5) is 23.7. The van der Waals surface area contributed by atoms with Crippen molar-refractivity contribution in [2.45, 2.75) is 31.2 Å². The fourth-order valence-electron chi connectivity index (χ4n) is 1.91. The lowest BCUT2D eigenvalue weighted by atomic mass is 9.97. The number of primary amides is 1. The highest BCUT2D eigenvalue weighted by Gasteiger charge is 2.38. The van der Waals surface area contributed by atoms with Crippen LogP contribution in [0.15, 0.2) is 0 Å². The van der Waals surface area contributed by atoms with Gasteiger partial charge in [0.1, 0.15) is 0 Å². The summed E-state index contributed by atoms with van der Waals surface area (Å²) in [5, 5.41) is 0. The van der Waals surface area contributed by atoms with Crippen LogP contribution in [0.4, 0.5) is 0 Å². The number of nitrogens with two attached hydrogens (primary N) is 2. The van der Waals surface area contributed by atoms with Gasteiger partial charge in [-0.2, -0.15) is 0 Å². The average molecular weight is 199 g/mol. The van der Waals surface area contributed by atoms with Crippen molar-refractivity contribution < 1.29 is 9.59 Å². The van der Waals surface area contributed by atoms with E-state index in [-0.39, 0.29) is 12.5 Å². The summed E-state index contributed by atoms with van der Waals surface area (Å²) < 4.78 is 0. The third-order valence-corrected chi connectivity index (χ3v) is 2.66. The van der Waals surface area contributed by atoms with Crippen molar-refractivity contribution in [3.05, 3.63) is 0 Å². The van der Waals surface area contributed by atoms with Crippen molar-refractivity contribution in [1.29, 1.82) is 0 Å². The number of hydrogen-bond acceptors (Lipinski definition) is 3. The van der Waals surface area contributed by atoms with Crippen molar-refractivity contribution in [2.75, 3.05) is 13.6 Å². The Morgan fingerprint density at radius 1 is 1.36 bits per heavy atom. The predicted octanol–water partition coefficient (Wildman–Crippen LogP) is -0.798. The normalized spacial score (nSPS) is 19.3. The van der Waals surface area contributed by atoms with Crippen LogP contribution in [-0.2, 0) is 9.59 Å². The first-order valence-corrected chi connectivity index (χ1v) is 4.78. The number of nitrogens with zero attached hydrogens (tertiary/aromatic N) is 1. The summed E-state index contributed by atoms with van der Waals surface area (Å²) in [6, 6.07) is 0. The van der Waals surface area contributed by atoms with Crippen LogP contribution < -0.4 is 11.5 Å². The zero-order chi connectivity index (χ0) is 10.8. The average Bonchev–Trinajstić information content (AvgIpc) is 2.51. The summed E-state index contributed by atoms with van der Waals surface area (Å²) in [7, 11) is 1.56. The lowest BCUT2D eigenvalue weighted by molar-refractivity contribution is -0.138. The molecule has 0 atom stereocenters. The van der Waals surface area contributed by atoms with Gasteiger partial charge in [0.25, 0.3) is 0 Å². The second-order valence-corrected chi connectivity index (χ2v) is 3.99. The molecule has 1 aliphatic carbocycles. The van der Waals surface area contributed by atoms with Gasteiger partial charge in [0.15, 0.2) is 0 Å². The van der Waals surface area contributed by atoms with E-state index in [4.69, 9.17) is 11.5 Å². The Balaban J connectivity index is 2.59. The van der Waals surface area contributed by atoms with E-state index in [0.717, 1.165) is 12.8 Å². The molecule has 0 aromatic carbocycles. The van der Waals surface area contributed by atoms with Gasteiger partial charge >= 0.3 is 0 Å². The molecule has 14 heavy (non-hydrogen) atoms. The zero-order valence-electron chi connectivity index (χ0n) is 8.45. The molecule has 1 fully saturated rings. The van der Waals surface area contributed by atoms with E-state index < -0.39 is 11.4 Å². The Labute approximate surface area is 83.4 Å². The molecule has 0 unspecified atom stereocenters. The fraction of sp³-hybridized carbons (Fsp3) is 0.778. The molecule has 0 saturated heterocycles. The van der Waals surface area contributed by atoms with Crippen LogP contribution in [0.25, 0.3) is 0 Å². The quantitative estimate of drug-likeness (QED) is 0.623. The lowest BCUT2D eigenvalue weighted by Crippen LogP contribution is -2.53. The van der Waals surface area contributed by atoms with Crippen molar-refractivity contribution in [3.8, 4) is 0 Å². The summed E-state index contributed by atoms with van der Waals surface area (Å²) in [5.41, 5.74) is 10.2. The van der Waals surface area contributed by atoms with E-state index in [9.17, 15) is 9.59 Å². The van der Waals surface area contributed by atoms with E-state index >= 15 is 0 Å². The molecule has 0 aliphatic heterocycles. The van der Waals surface area contributed by atoms with E-state index in [1.807, 2.05) is 0 Å². The minimum Gasteiger partial charge on any atom is -0.368 e. The number of likely N-dealkylation sites (N-methyl/N-ethyl adjacent to an activating group) is 1. The van der Waals surface area contributed by atoms with Crippen molar-refractivity contribution >= 4 is 11.8 Å².